The van der Waals surface area contributed by atoms with Crippen LogP contribution in [0.4, 0.5) is 0 Å². The van der Waals surface area contributed by atoms with Gasteiger partial charge < -0.3 is 4.74 Å². The van der Waals surface area contributed by atoms with Gasteiger partial charge >= 0.3 is 5.97 Å². The lowest BCUT2D eigenvalue weighted by Gasteiger charge is -2.18. The fourth-order valence-corrected chi connectivity index (χ4v) is 2.85. The van der Waals surface area contributed by atoms with E-state index in [0.29, 0.717) is 0 Å². The Kier molecular flexibility index (Phi) is 6.95. The molecule has 0 aliphatic rings. The molecule has 2 nitrogen and oxygen atoms in total. The minimum Gasteiger partial charge on any atom is -0.457 e. The van der Waals surface area contributed by atoms with E-state index >= 15 is 0 Å². The normalized spacial score (nSPS) is 13.4. The molecule has 0 atom stereocenters. The lowest BCUT2D eigenvalue weighted by Crippen LogP contribution is -2.22. The van der Waals surface area contributed by atoms with Crippen LogP contribution in [0.5, 0.6) is 0 Å². The average molecular weight is 360 g/mol. The summed E-state index contributed by atoms with van der Waals surface area (Å²) < 4.78 is 5.37. The molecule has 0 spiro atoms. The smallest absolute Gasteiger partial charge is 0.331 e. The van der Waals surface area contributed by atoms with Crippen molar-refractivity contribution in [2.45, 2.75) is 40.2 Å². The van der Waals surface area contributed by atoms with Gasteiger partial charge in [0.25, 0.3) is 0 Å². The molecule has 27 heavy (non-hydrogen) atoms. The molecule has 2 aromatic carbocycles. The number of hydrogen-bond donors (Lipinski definition) is 0. The molecule has 0 heterocycles. The van der Waals surface area contributed by atoms with Crippen molar-refractivity contribution in [1.29, 1.82) is 0 Å². The topological polar surface area (TPSA) is 26.3 Å². The number of ether oxygens (including phenoxy) is 1. The first-order valence-corrected chi connectivity index (χ1v) is 9.17. The summed E-state index contributed by atoms with van der Waals surface area (Å²) in [6, 6.07) is 20.5. The third kappa shape index (κ3) is 6.74. The van der Waals surface area contributed by atoms with Gasteiger partial charge in [-0.1, -0.05) is 72.8 Å². The molecule has 0 amide bonds. The van der Waals surface area contributed by atoms with Crippen molar-refractivity contribution in [3.05, 3.63) is 95.1 Å². The molecule has 140 valence electrons. The molecule has 2 rings (SSSR count). The maximum absolute atomic E-state index is 12.0. The summed E-state index contributed by atoms with van der Waals surface area (Å²) in [5, 5.41) is 0. The highest BCUT2D eigenvalue weighted by Gasteiger charge is 2.14. The summed E-state index contributed by atoms with van der Waals surface area (Å²) in [6.45, 7) is 9.71. The summed E-state index contributed by atoms with van der Waals surface area (Å²) in [6.07, 6.45) is 5.49. The van der Waals surface area contributed by atoms with Gasteiger partial charge in [-0.25, -0.2) is 4.79 Å². The third-order valence-corrected chi connectivity index (χ3v) is 3.91. The Bertz CT molecular complexity index is 848. The van der Waals surface area contributed by atoms with Gasteiger partial charge in [-0.15, -0.1) is 0 Å². The highest BCUT2D eigenvalue weighted by molar-refractivity contribution is 5.89. The molecular formula is C25H28O2. The number of benzene rings is 2. The zero-order chi connectivity index (χ0) is 19.9. The Morgan fingerprint density at radius 3 is 1.96 bits per heavy atom. The monoisotopic (exact) mass is 360 g/mol. The van der Waals surface area contributed by atoms with E-state index in [-0.39, 0.29) is 5.97 Å². The van der Waals surface area contributed by atoms with E-state index in [0.717, 1.165) is 27.8 Å². The molecule has 0 saturated heterocycles. The maximum Gasteiger partial charge on any atom is 0.331 e. The lowest BCUT2D eigenvalue weighted by atomic mass is 9.93. The van der Waals surface area contributed by atoms with Crippen LogP contribution in [0.2, 0.25) is 0 Å². The van der Waals surface area contributed by atoms with Crippen LogP contribution in [-0.2, 0) is 9.53 Å². The van der Waals surface area contributed by atoms with Crippen LogP contribution in [0.3, 0.4) is 0 Å². The van der Waals surface area contributed by atoms with E-state index in [2.05, 4.69) is 37.3 Å². The Balaban J connectivity index is 2.42. The van der Waals surface area contributed by atoms with Crippen molar-refractivity contribution in [3.63, 3.8) is 0 Å². The molecule has 0 aliphatic carbocycles. The van der Waals surface area contributed by atoms with Crippen molar-refractivity contribution >= 4 is 17.6 Å². The van der Waals surface area contributed by atoms with E-state index < -0.39 is 5.60 Å². The summed E-state index contributed by atoms with van der Waals surface area (Å²) in [7, 11) is 0. The van der Waals surface area contributed by atoms with Crippen LogP contribution in [0.25, 0.3) is 11.6 Å². The second kappa shape index (κ2) is 9.18. The Morgan fingerprint density at radius 1 is 0.852 bits per heavy atom. The summed E-state index contributed by atoms with van der Waals surface area (Å²) >= 11 is 0. The van der Waals surface area contributed by atoms with Gasteiger partial charge in [0.1, 0.15) is 5.60 Å². The summed E-state index contributed by atoms with van der Waals surface area (Å²) in [5.74, 6) is -0.334. The molecule has 0 aliphatic heterocycles. The number of rotatable bonds is 5. The van der Waals surface area contributed by atoms with Crippen LogP contribution in [-0.4, -0.2) is 11.6 Å². The van der Waals surface area contributed by atoms with Crippen molar-refractivity contribution in [1.82, 2.24) is 0 Å². The molecule has 0 radical (unpaired) electrons. The van der Waals surface area contributed by atoms with Gasteiger partial charge in [0.05, 0.1) is 0 Å². The molecule has 0 aromatic heterocycles. The number of carbonyl (C=O) groups is 1. The predicted octanol–water partition coefficient (Wildman–Crippen LogP) is 6.46. The number of hydrogen-bond acceptors (Lipinski definition) is 2. The first-order valence-electron chi connectivity index (χ1n) is 9.17. The zero-order valence-corrected chi connectivity index (χ0v) is 16.8. The van der Waals surface area contributed by atoms with Gasteiger partial charge in [-0.3, -0.25) is 0 Å². The second-order valence-electron chi connectivity index (χ2n) is 7.53. The molecule has 0 N–H and O–H groups in total. The van der Waals surface area contributed by atoms with E-state index in [1.165, 1.54) is 6.08 Å². The van der Waals surface area contributed by atoms with Crippen molar-refractivity contribution in [2.24, 2.45) is 0 Å². The van der Waals surface area contributed by atoms with E-state index in [9.17, 15) is 4.79 Å². The fraction of sp³-hybridized carbons (Fsp3) is 0.240. The quantitative estimate of drug-likeness (QED) is 0.347. The van der Waals surface area contributed by atoms with Crippen molar-refractivity contribution < 1.29 is 9.53 Å². The van der Waals surface area contributed by atoms with Crippen LogP contribution < -0.4 is 0 Å². The van der Waals surface area contributed by atoms with Crippen LogP contribution in [0.15, 0.2) is 84.0 Å². The SMILES string of the molecule is CC(=C\c1ccccc1)/C(=C(C)\C=C\C(=O)OC(C)(C)C)c1ccccc1. The largest absolute Gasteiger partial charge is 0.457 e. The Hall–Kier alpha value is -2.87. The average Bonchev–Trinajstić information content (AvgIpc) is 2.60. The van der Waals surface area contributed by atoms with Gasteiger partial charge in [-0.2, -0.15) is 0 Å². The number of allylic oxidation sites excluding steroid dienone is 4. The molecule has 2 heteroatoms. The Morgan fingerprint density at radius 2 is 1.41 bits per heavy atom. The van der Waals surface area contributed by atoms with Gasteiger partial charge in [0.15, 0.2) is 0 Å². The van der Waals surface area contributed by atoms with Gasteiger partial charge in [0, 0.05) is 6.08 Å². The van der Waals surface area contributed by atoms with Crippen LogP contribution >= 0.6 is 0 Å². The highest BCUT2D eigenvalue weighted by Crippen LogP contribution is 2.28. The molecular weight excluding hydrogens is 332 g/mol. The first kappa shape index (κ1) is 20.4. The second-order valence-corrected chi connectivity index (χ2v) is 7.53. The van der Waals surface area contributed by atoms with Gasteiger partial charge in [0.2, 0.25) is 0 Å². The number of esters is 1. The Labute approximate surface area is 162 Å². The minimum absolute atomic E-state index is 0.334. The number of carbonyl (C=O) groups excluding carboxylic acids is 1. The standard InChI is InChI=1S/C25H28O2/c1-19(16-17-23(26)27-25(3,4)5)24(22-14-10-7-11-15-22)20(2)18-21-12-8-6-9-13-21/h6-18H,1-5H3/b17-16+,20-18+,24-19+. The maximum atomic E-state index is 12.0. The molecule has 0 fully saturated rings. The predicted molar refractivity (Wildman–Crippen MR) is 114 cm³/mol. The molecule has 0 saturated carbocycles. The van der Waals surface area contributed by atoms with Crippen LogP contribution in [0.1, 0.15) is 45.7 Å². The summed E-state index contributed by atoms with van der Waals surface area (Å²) in [4.78, 5) is 12.0. The molecule has 0 unspecified atom stereocenters. The molecule has 2 aromatic rings. The van der Waals surface area contributed by atoms with E-state index in [1.54, 1.807) is 0 Å². The fourth-order valence-electron chi connectivity index (χ4n) is 2.85. The minimum atomic E-state index is -0.496. The highest BCUT2D eigenvalue weighted by atomic mass is 16.6. The summed E-state index contributed by atoms with van der Waals surface area (Å²) in [5.41, 5.74) is 5.03. The van der Waals surface area contributed by atoms with E-state index in [1.807, 2.05) is 70.2 Å². The zero-order valence-electron chi connectivity index (χ0n) is 16.8. The third-order valence-electron chi connectivity index (χ3n) is 3.91. The van der Waals surface area contributed by atoms with Crippen molar-refractivity contribution in [3.8, 4) is 0 Å². The lowest BCUT2D eigenvalue weighted by molar-refractivity contribution is -0.148. The van der Waals surface area contributed by atoms with E-state index in [4.69, 9.17) is 4.74 Å². The molecule has 0 bridgehead atoms. The van der Waals surface area contributed by atoms with Gasteiger partial charge in [-0.05, 0) is 62.5 Å². The van der Waals surface area contributed by atoms with Crippen LogP contribution in [0, 0.1) is 0 Å². The first-order chi connectivity index (χ1) is 12.8. The van der Waals surface area contributed by atoms with Crippen molar-refractivity contribution in [2.75, 3.05) is 0 Å².